The fourth-order valence-corrected chi connectivity index (χ4v) is 3.60. The normalized spacial score (nSPS) is 18.2. The summed E-state index contributed by atoms with van der Waals surface area (Å²) in [5.41, 5.74) is 1.15. The summed E-state index contributed by atoms with van der Waals surface area (Å²) in [6, 6.07) is 10.9. The minimum absolute atomic E-state index is 0.0881. The molecule has 0 fully saturated rings. The van der Waals surface area contributed by atoms with Crippen molar-refractivity contribution in [3.8, 4) is 0 Å². The minimum Gasteiger partial charge on any atom is -0.363 e. The van der Waals surface area contributed by atoms with E-state index in [1.165, 1.54) is 30.3 Å². The number of anilines is 1. The molecule has 2 heterocycles. The first-order valence-electron chi connectivity index (χ1n) is 9.41. The Bertz CT molecular complexity index is 1080. The summed E-state index contributed by atoms with van der Waals surface area (Å²) in [5.74, 6) is -0.936. The molecule has 0 unspecified atom stereocenters. The first kappa shape index (κ1) is 21.2. The van der Waals surface area contributed by atoms with Gasteiger partial charge in [-0.15, -0.1) is 0 Å². The molecular weight excluding hydrogens is 436 g/mol. The Morgan fingerprint density at radius 3 is 2.48 bits per heavy atom. The minimum atomic E-state index is -4.55. The number of nitrogens with one attached hydrogen (secondary N) is 2. The predicted molar refractivity (Wildman–Crippen MR) is 107 cm³/mol. The molecule has 1 aromatic heterocycles. The van der Waals surface area contributed by atoms with Gasteiger partial charge in [0.25, 0.3) is 5.91 Å². The van der Waals surface area contributed by atoms with Crippen LogP contribution in [-0.2, 0) is 6.54 Å². The fraction of sp³-hybridized carbons (Fsp3) is 0.238. The Morgan fingerprint density at radius 1 is 1.16 bits per heavy atom. The number of alkyl halides is 3. The number of halogens is 5. The van der Waals surface area contributed by atoms with Crippen molar-refractivity contribution in [2.24, 2.45) is 0 Å². The van der Waals surface area contributed by atoms with E-state index in [1.807, 2.05) is 0 Å². The van der Waals surface area contributed by atoms with Crippen LogP contribution in [0.25, 0.3) is 0 Å². The third kappa shape index (κ3) is 4.66. The van der Waals surface area contributed by atoms with Crippen LogP contribution in [0.1, 0.15) is 40.1 Å². The van der Waals surface area contributed by atoms with Gasteiger partial charge in [-0.05, 0) is 35.4 Å². The summed E-state index contributed by atoms with van der Waals surface area (Å²) >= 11 is 5.88. The molecule has 4 rings (SSSR count). The Kier molecular flexibility index (Phi) is 5.62. The number of hydrogen-bond donors (Lipinski definition) is 2. The maximum absolute atomic E-state index is 13.7. The molecule has 2 aromatic carbocycles. The van der Waals surface area contributed by atoms with Gasteiger partial charge in [-0.25, -0.2) is 9.07 Å². The van der Waals surface area contributed by atoms with Gasteiger partial charge in [-0.3, -0.25) is 4.79 Å². The maximum atomic E-state index is 13.7. The van der Waals surface area contributed by atoms with Crippen LogP contribution in [-0.4, -0.2) is 21.9 Å². The van der Waals surface area contributed by atoms with E-state index in [1.54, 1.807) is 24.3 Å². The highest BCUT2D eigenvalue weighted by Gasteiger charge is 2.46. The van der Waals surface area contributed by atoms with Gasteiger partial charge in [-0.1, -0.05) is 35.9 Å². The Labute approximate surface area is 180 Å². The Morgan fingerprint density at radius 2 is 1.84 bits per heavy atom. The highest BCUT2D eigenvalue weighted by Crippen LogP contribution is 2.43. The van der Waals surface area contributed by atoms with E-state index >= 15 is 0 Å². The first-order valence-corrected chi connectivity index (χ1v) is 9.79. The van der Waals surface area contributed by atoms with Crippen LogP contribution in [0.2, 0.25) is 5.02 Å². The average Bonchev–Trinajstić information content (AvgIpc) is 3.16. The van der Waals surface area contributed by atoms with E-state index < -0.39 is 30.0 Å². The molecule has 1 aliphatic heterocycles. The van der Waals surface area contributed by atoms with Crippen molar-refractivity contribution in [3.63, 3.8) is 0 Å². The van der Waals surface area contributed by atoms with Gasteiger partial charge >= 0.3 is 6.18 Å². The van der Waals surface area contributed by atoms with Gasteiger partial charge in [-0.2, -0.15) is 18.3 Å². The second-order valence-electron chi connectivity index (χ2n) is 7.21. The standard InChI is InChI=1S/C21H17ClF4N4O/c22-14-5-3-13(4-6-14)16-9-18(21(24,25)26)30-19(28-16)10-17(29-30)20(31)27-11-12-1-7-15(23)8-2-12/h1-8,10,16,18,28H,9,11H2,(H,27,31)/t16-,18+/m1/s1. The SMILES string of the molecule is O=C(NCc1ccc(F)cc1)c1cc2n(n1)[C@H](C(F)(F)F)C[C@H](c1ccc(Cl)cc1)N2. The van der Waals surface area contributed by atoms with Gasteiger partial charge in [0.2, 0.25) is 0 Å². The van der Waals surface area contributed by atoms with Gasteiger partial charge in [0.1, 0.15) is 11.6 Å². The predicted octanol–water partition coefficient (Wildman–Crippen LogP) is 5.27. The van der Waals surface area contributed by atoms with E-state index in [-0.39, 0.29) is 24.5 Å². The largest absolute Gasteiger partial charge is 0.410 e. The molecule has 1 amide bonds. The van der Waals surface area contributed by atoms with Crippen molar-refractivity contribution in [3.05, 3.63) is 82.3 Å². The monoisotopic (exact) mass is 452 g/mol. The lowest BCUT2D eigenvalue weighted by atomic mass is 9.97. The van der Waals surface area contributed by atoms with Crippen molar-refractivity contribution >= 4 is 23.3 Å². The van der Waals surface area contributed by atoms with E-state index in [9.17, 15) is 22.4 Å². The lowest BCUT2D eigenvalue weighted by Gasteiger charge is -2.33. The van der Waals surface area contributed by atoms with E-state index in [2.05, 4.69) is 15.7 Å². The molecule has 1 aliphatic rings. The van der Waals surface area contributed by atoms with E-state index in [4.69, 9.17) is 11.6 Å². The van der Waals surface area contributed by atoms with Crippen LogP contribution < -0.4 is 10.6 Å². The van der Waals surface area contributed by atoms with Crippen molar-refractivity contribution in [1.29, 1.82) is 0 Å². The summed E-state index contributed by atoms with van der Waals surface area (Å²) in [6.07, 6.45) is -4.83. The Balaban J connectivity index is 1.56. The van der Waals surface area contributed by atoms with E-state index in [0.717, 1.165) is 4.68 Å². The van der Waals surface area contributed by atoms with Crippen LogP contribution in [0.15, 0.2) is 54.6 Å². The molecule has 5 nitrogen and oxygen atoms in total. The molecule has 2 atom stereocenters. The third-order valence-electron chi connectivity index (χ3n) is 5.06. The van der Waals surface area contributed by atoms with Crippen molar-refractivity contribution in [2.45, 2.75) is 31.2 Å². The maximum Gasteiger partial charge on any atom is 0.410 e. The number of rotatable bonds is 4. The molecule has 31 heavy (non-hydrogen) atoms. The summed E-state index contributed by atoms with van der Waals surface area (Å²) in [4.78, 5) is 12.5. The molecule has 0 radical (unpaired) electrons. The van der Waals surface area contributed by atoms with Crippen LogP contribution in [0.5, 0.6) is 0 Å². The van der Waals surface area contributed by atoms with Crippen LogP contribution in [0.3, 0.4) is 0 Å². The molecule has 0 aliphatic carbocycles. The molecular formula is C21H17ClF4N4O. The van der Waals surface area contributed by atoms with Gasteiger partial charge in [0.05, 0.1) is 6.04 Å². The molecule has 2 N–H and O–H groups in total. The first-order chi connectivity index (χ1) is 14.7. The molecule has 10 heteroatoms. The van der Waals surface area contributed by atoms with E-state index in [0.29, 0.717) is 16.1 Å². The zero-order chi connectivity index (χ0) is 22.2. The smallest absolute Gasteiger partial charge is 0.363 e. The number of aromatic nitrogens is 2. The van der Waals surface area contributed by atoms with Crippen molar-refractivity contribution in [2.75, 3.05) is 5.32 Å². The second kappa shape index (κ2) is 8.22. The molecule has 0 saturated heterocycles. The number of carbonyl (C=O) groups is 1. The zero-order valence-corrected chi connectivity index (χ0v) is 16.7. The van der Waals surface area contributed by atoms with Gasteiger partial charge in [0, 0.05) is 24.1 Å². The van der Waals surface area contributed by atoms with Gasteiger partial charge < -0.3 is 10.6 Å². The quantitative estimate of drug-likeness (QED) is 0.530. The number of hydrogen-bond acceptors (Lipinski definition) is 3. The molecule has 162 valence electrons. The van der Waals surface area contributed by atoms with Crippen LogP contribution in [0, 0.1) is 5.82 Å². The zero-order valence-electron chi connectivity index (χ0n) is 16.0. The molecule has 0 saturated carbocycles. The number of nitrogens with zero attached hydrogens (tertiary/aromatic N) is 2. The fourth-order valence-electron chi connectivity index (χ4n) is 3.47. The number of fused-ring (bicyclic) bond motifs is 1. The highest BCUT2D eigenvalue weighted by atomic mass is 35.5. The summed E-state index contributed by atoms with van der Waals surface area (Å²) in [7, 11) is 0. The summed E-state index contributed by atoms with van der Waals surface area (Å²) in [6.45, 7) is 0.0881. The number of carbonyl (C=O) groups excluding carboxylic acids is 1. The average molecular weight is 453 g/mol. The lowest BCUT2D eigenvalue weighted by Crippen LogP contribution is -2.35. The second-order valence-corrected chi connectivity index (χ2v) is 7.65. The lowest BCUT2D eigenvalue weighted by molar-refractivity contribution is -0.173. The highest BCUT2D eigenvalue weighted by molar-refractivity contribution is 6.30. The van der Waals surface area contributed by atoms with Crippen LogP contribution >= 0.6 is 11.6 Å². The molecule has 0 bridgehead atoms. The number of benzene rings is 2. The third-order valence-corrected chi connectivity index (χ3v) is 5.31. The Hall–Kier alpha value is -3.07. The van der Waals surface area contributed by atoms with Gasteiger partial charge in [0.15, 0.2) is 11.7 Å². The summed E-state index contributed by atoms with van der Waals surface area (Å²) < 4.78 is 55.0. The van der Waals surface area contributed by atoms with Crippen molar-refractivity contribution < 1.29 is 22.4 Å². The topological polar surface area (TPSA) is 59.0 Å². The summed E-state index contributed by atoms with van der Waals surface area (Å²) in [5, 5.41) is 10.0. The molecule has 0 spiro atoms. The van der Waals surface area contributed by atoms with Crippen molar-refractivity contribution in [1.82, 2.24) is 15.1 Å². The number of amides is 1. The molecule has 3 aromatic rings. The van der Waals surface area contributed by atoms with Crippen LogP contribution in [0.4, 0.5) is 23.4 Å².